The maximum atomic E-state index is 12.3. The van der Waals surface area contributed by atoms with Crippen LogP contribution in [0.3, 0.4) is 0 Å². The van der Waals surface area contributed by atoms with Gasteiger partial charge in [-0.05, 0) is 23.8 Å². The summed E-state index contributed by atoms with van der Waals surface area (Å²) >= 11 is 0. The fourth-order valence-corrected chi connectivity index (χ4v) is 1.90. The Morgan fingerprint density at radius 2 is 1.60 bits per heavy atom. The number of rotatable bonds is 6. The fourth-order valence-electron chi connectivity index (χ4n) is 1.90. The van der Waals surface area contributed by atoms with Crippen LogP contribution in [-0.2, 0) is 16.1 Å². The van der Waals surface area contributed by atoms with Crippen LogP contribution in [0, 0.1) is 0 Å². The largest absolute Gasteiger partial charge is 0.484 e. The van der Waals surface area contributed by atoms with Crippen LogP contribution in [-0.4, -0.2) is 24.6 Å². The molecular formula is C17H15F3N2O3. The number of carbonyl (C=O) groups excluding carboxylic acids is 2. The summed E-state index contributed by atoms with van der Waals surface area (Å²) in [5.74, 6) is -1.99. The van der Waals surface area contributed by atoms with E-state index in [-0.39, 0.29) is 18.8 Å². The van der Waals surface area contributed by atoms with E-state index in [1.807, 2.05) is 0 Å². The van der Waals surface area contributed by atoms with Crippen molar-refractivity contribution in [3.8, 4) is 5.75 Å². The molecule has 0 unspecified atom stereocenters. The number of para-hydroxylation sites is 2. The number of hydrogen-bond donors (Lipinski definition) is 2. The molecule has 2 aromatic carbocycles. The van der Waals surface area contributed by atoms with Gasteiger partial charge in [0.2, 0.25) is 0 Å². The zero-order chi connectivity index (χ0) is 18.3. The minimum atomic E-state index is -4.99. The highest BCUT2D eigenvalue weighted by molar-refractivity contribution is 5.95. The molecule has 0 heterocycles. The van der Waals surface area contributed by atoms with Crippen molar-refractivity contribution < 1.29 is 27.5 Å². The van der Waals surface area contributed by atoms with E-state index < -0.39 is 18.0 Å². The van der Waals surface area contributed by atoms with E-state index in [1.54, 1.807) is 41.7 Å². The van der Waals surface area contributed by atoms with Crippen LogP contribution in [0.1, 0.15) is 5.56 Å². The maximum Gasteiger partial charge on any atom is 0.471 e. The van der Waals surface area contributed by atoms with E-state index >= 15 is 0 Å². The molecule has 0 aliphatic heterocycles. The third-order valence-electron chi connectivity index (χ3n) is 3.11. The lowest BCUT2D eigenvalue weighted by Crippen LogP contribution is -2.31. The van der Waals surface area contributed by atoms with Crippen LogP contribution in [0.5, 0.6) is 5.75 Å². The Bertz CT molecular complexity index is 733. The minimum Gasteiger partial charge on any atom is -0.484 e. The van der Waals surface area contributed by atoms with Crippen molar-refractivity contribution >= 4 is 17.5 Å². The topological polar surface area (TPSA) is 67.4 Å². The quantitative estimate of drug-likeness (QED) is 0.840. The van der Waals surface area contributed by atoms with Crippen LogP contribution in [0.25, 0.3) is 0 Å². The molecule has 2 amide bonds. The Morgan fingerprint density at radius 3 is 2.28 bits per heavy atom. The molecule has 0 aromatic heterocycles. The van der Waals surface area contributed by atoms with Gasteiger partial charge in [0.15, 0.2) is 6.61 Å². The van der Waals surface area contributed by atoms with Crippen LogP contribution in [0.4, 0.5) is 18.9 Å². The Hall–Kier alpha value is -3.03. The number of nitrogens with one attached hydrogen (secondary N) is 2. The second-order valence-corrected chi connectivity index (χ2v) is 4.99. The molecule has 132 valence electrons. The van der Waals surface area contributed by atoms with Gasteiger partial charge in [0, 0.05) is 12.2 Å². The minimum absolute atomic E-state index is 0.0193. The van der Waals surface area contributed by atoms with Gasteiger partial charge in [-0.3, -0.25) is 9.59 Å². The van der Waals surface area contributed by atoms with E-state index in [0.29, 0.717) is 11.3 Å². The number of carbonyl (C=O) groups is 2. The second kappa shape index (κ2) is 8.18. The molecule has 0 saturated heterocycles. The van der Waals surface area contributed by atoms with Gasteiger partial charge in [-0.25, -0.2) is 0 Å². The van der Waals surface area contributed by atoms with Crippen molar-refractivity contribution in [1.82, 2.24) is 5.32 Å². The molecule has 0 bridgehead atoms. The standard InChI is InChI=1S/C17H15F3N2O3/c18-17(19,20)16(24)22-14-9-5-4-6-12(14)10-21-15(23)11-25-13-7-2-1-3-8-13/h1-9H,10-11H2,(H,21,23)(H,22,24). The van der Waals surface area contributed by atoms with E-state index in [4.69, 9.17) is 4.74 Å². The average molecular weight is 352 g/mol. The molecule has 5 nitrogen and oxygen atoms in total. The summed E-state index contributed by atoms with van der Waals surface area (Å²) in [5.41, 5.74) is 0.322. The van der Waals surface area contributed by atoms with Crippen LogP contribution >= 0.6 is 0 Å². The van der Waals surface area contributed by atoms with Gasteiger partial charge in [0.1, 0.15) is 5.75 Å². The molecule has 2 rings (SSSR count). The summed E-state index contributed by atoms with van der Waals surface area (Å²) in [4.78, 5) is 22.8. The zero-order valence-electron chi connectivity index (χ0n) is 13.0. The van der Waals surface area contributed by atoms with Gasteiger partial charge in [0.05, 0.1) is 0 Å². The Balaban J connectivity index is 1.90. The summed E-state index contributed by atoms with van der Waals surface area (Å²) in [6.45, 7) is -0.285. The molecule has 0 radical (unpaired) electrons. The number of ether oxygens (including phenoxy) is 1. The molecule has 0 aliphatic carbocycles. The van der Waals surface area contributed by atoms with Gasteiger partial charge in [-0.15, -0.1) is 0 Å². The summed E-state index contributed by atoms with van der Waals surface area (Å²) in [7, 11) is 0. The highest BCUT2D eigenvalue weighted by Crippen LogP contribution is 2.20. The molecule has 25 heavy (non-hydrogen) atoms. The first-order valence-corrected chi connectivity index (χ1v) is 7.27. The van der Waals surface area contributed by atoms with Crippen molar-refractivity contribution in [2.24, 2.45) is 0 Å². The molecule has 0 atom stereocenters. The highest BCUT2D eigenvalue weighted by atomic mass is 19.4. The first-order chi connectivity index (χ1) is 11.9. The average Bonchev–Trinajstić information content (AvgIpc) is 2.59. The van der Waals surface area contributed by atoms with Gasteiger partial charge >= 0.3 is 12.1 Å². The molecular weight excluding hydrogens is 337 g/mol. The van der Waals surface area contributed by atoms with Gasteiger partial charge < -0.3 is 15.4 Å². The number of amides is 2. The van der Waals surface area contributed by atoms with Crippen molar-refractivity contribution in [2.45, 2.75) is 12.7 Å². The number of benzene rings is 2. The lowest BCUT2D eigenvalue weighted by atomic mass is 10.1. The predicted molar refractivity (Wildman–Crippen MR) is 84.9 cm³/mol. The highest BCUT2D eigenvalue weighted by Gasteiger charge is 2.38. The lowest BCUT2D eigenvalue weighted by molar-refractivity contribution is -0.167. The molecule has 2 N–H and O–H groups in total. The van der Waals surface area contributed by atoms with E-state index in [2.05, 4.69) is 5.32 Å². The van der Waals surface area contributed by atoms with Crippen LogP contribution in [0.15, 0.2) is 54.6 Å². The van der Waals surface area contributed by atoms with Crippen molar-refractivity contribution in [3.05, 3.63) is 60.2 Å². The monoisotopic (exact) mass is 352 g/mol. The van der Waals surface area contributed by atoms with Crippen molar-refractivity contribution in [3.63, 3.8) is 0 Å². The van der Waals surface area contributed by atoms with Crippen LogP contribution in [0.2, 0.25) is 0 Å². The first-order valence-electron chi connectivity index (χ1n) is 7.27. The van der Waals surface area contributed by atoms with Gasteiger partial charge in [-0.2, -0.15) is 13.2 Å². The first kappa shape index (κ1) is 18.3. The second-order valence-electron chi connectivity index (χ2n) is 4.99. The number of anilines is 1. The third-order valence-corrected chi connectivity index (χ3v) is 3.11. The zero-order valence-corrected chi connectivity index (χ0v) is 13.0. The fraction of sp³-hybridized carbons (Fsp3) is 0.176. The number of hydrogen-bond acceptors (Lipinski definition) is 3. The lowest BCUT2D eigenvalue weighted by Gasteiger charge is -2.13. The molecule has 0 saturated carbocycles. The maximum absolute atomic E-state index is 12.3. The van der Waals surface area contributed by atoms with E-state index in [1.165, 1.54) is 18.2 Å². The van der Waals surface area contributed by atoms with Gasteiger partial charge in [0.25, 0.3) is 5.91 Å². The molecule has 8 heteroatoms. The normalized spacial score (nSPS) is 10.8. The van der Waals surface area contributed by atoms with Crippen molar-refractivity contribution in [1.29, 1.82) is 0 Å². The smallest absolute Gasteiger partial charge is 0.471 e. The molecule has 0 spiro atoms. The van der Waals surface area contributed by atoms with Gasteiger partial charge in [-0.1, -0.05) is 36.4 Å². The van der Waals surface area contributed by atoms with E-state index in [0.717, 1.165) is 0 Å². The Labute approximate surface area is 141 Å². The third kappa shape index (κ3) is 5.83. The SMILES string of the molecule is O=C(COc1ccccc1)NCc1ccccc1NC(=O)C(F)(F)F. The summed E-state index contributed by atoms with van der Waals surface area (Å²) in [6, 6.07) is 14.6. The van der Waals surface area contributed by atoms with Crippen LogP contribution < -0.4 is 15.4 Å². The summed E-state index contributed by atoms with van der Waals surface area (Å²) in [5, 5.41) is 4.31. The molecule has 0 fully saturated rings. The number of alkyl halides is 3. The molecule has 0 aliphatic rings. The Kier molecular flexibility index (Phi) is 5.99. The summed E-state index contributed by atoms with van der Waals surface area (Å²) in [6.07, 6.45) is -4.99. The number of halogens is 3. The van der Waals surface area contributed by atoms with E-state index in [9.17, 15) is 22.8 Å². The Morgan fingerprint density at radius 1 is 0.960 bits per heavy atom. The molecule has 2 aromatic rings. The van der Waals surface area contributed by atoms with Crippen molar-refractivity contribution in [2.75, 3.05) is 11.9 Å². The predicted octanol–water partition coefficient (Wildman–Crippen LogP) is 2.88. The summed E-state index contributed by atoms with van der Waals surface area (Å²) < 4.78 is 42.3.